The van der Waals surface area contributed by atoms with Crippen molar-refractivity contribution in [3.8, 4) is 0 Å². The lowest BCUT2D eigenvalue weighted by atomic mass is 10.1. The van der Waals surface area contributed by atoms with E-state index in [1.165, 1.54) is 5.56 Å². The van der Waals surface area contributed by atoms with Crippen molar-refractivity contribution in [2.75, 3.05) is 13.1 Å². The van der Waals surface area contributed by atoms with Gasteiger partial charge in [0.1, 0.15) is 0 Å². The molecule has 30 heavy (non-hydrogen) atoms. The van der Waals surface area contributed by atoms with Gasteiger partial charge in [0.05, 0.1) is 12.6 Å². The highest BCUT2D eigenvalue weighted by Gasteiger charge is 2.44. The first-order valence-electron chi connectivity index (χ1n) is 9.47. The first kappa shape index (κ1) is 22.3. The zero-order valence-corrected chi connectivity index (χ0v) is 17.2. The van der Waals surface area contributed by atoms with Gasteiger partial charge in [0.2, 0.25) is 5.91 Å². The Bertz CT molecular complexity index is 869. The predicted molar refractivity (Wildman–Crippen MR) is 104 cm³/mol. The van der Waals surface area contributed by atoms with Crippen LogP contribution in [0.5, 0.6) is 0 Å². The fraction of sp³-hybridized carbons (Fsp3) is 0.526. The summed E-state index contributed by atoms with van der Waals surface area (Å²) in [5.74, 6) is -2.47. The Morgan fingerprint density at radius 3 is 2.50 bits per heavy atom. The molecule has 2 atom stereocenters. The van der Waals surface area contributed by atoms with Gasteiger partial charge in [0, 0.05) is 50.5 Å². The van der Waals surface area contributed by atoms with E-state index in [0.29, 0.717) is 24.4 Å². The number of aliphatic carboxylic acids is 1. The Labute approximate surface area is 175 Å². The minimum atomic E-state index is -5.08. The Morgan fingerprint density at radius 1 is 1.23 bits per heavy atom. The summed E-state index contributed by atoms with van der Waals surface area (Å²) >= 11 is 1.66. The standard InChI is InChI=1S/C17H22N4OS.C2HF3O2/c1-19-10-14(9-18-19)11-20-5-2-16-15(20)3-6-21(16)17(22)8-13-4-7-23-12-13;3-2(4,5)1(6)7/h4,7,9-10,12,15-16H,2-3,5-6,8,11H2,1H3;(H,6,7)/t15-,16+;/m0./s1. The third-order valence-electron chi connectivity index (χ3n) is 5.33. The number of alkyl halides is 3. The van der Waals surface area contributed by atoms with Crippen LogP contribution in [0, 0.1) is 0 Å². The molecule has 0 spiro atoms. The van der Waals surface area contributed by atoms with Gasteiger partial charge in [-0.15, -0.1) is 0 Å². The van der Waals surface area contributed by atoms with E-state index < -0.39 is 12.1 Å². The highest BCUT2D eigenvalue weighted by molar-refractivity contribution is 7.08. The van der Waals surface area contributed by atoms with Gasteiger partial charge in [0.15, 0.2) is 0 Å². The fourth-order valence-electron chi connectivity index (χ4n) is 4.04. The Kier molecular flexibility index (Phi) is 6.81. The molecular weight excluding hydrogens is 421 g/mol. The summed E-state index contributed by atoms with van der Waals surface area (Å²) in [7, 11) is 1.96. The van der Waals surface area contributed by atoms with Crippen LogP contribution in [0.2, 0.25) is 0 Å². The fourth-order valence-corrected chi connectivity index (χ4v) is 4.71. The van der Waals surface area contributed by atoms with E-state index in [1.807, 2.05) is 23.3 Å². The van der Waals surface area contributed by atoms with Crippen LogP contribution in [0.1, 0.15) is 24.0 Å². The summed E-state index contributed by atoms with van der Waals surface area (Å²) in [6, 6.07) is 2.97. The van der Waals surface area contributed by atoms with Gasteiger partial charge in [-0.05, 0) is 35.2 Å². The molecule has 0 saturated carbocycles. The number of aryl methyl sites for hydroxylation is 1. The SMILES string of the molecule is Cn1cc(CN2CC[C@@H]3[C@@H]2CCN3C(=O)Cc2ccsc2)cn1.O=C(O)C(F)(F)F. The van der Waals surface area contributed by atoms with Crippen LogP contribution in [0.3, 0.4) is 0 Å². The number of carboxylic acids is 1. The van der Waals surface area contributed by atoms with Crippen molar-refractivity contribution < 1.29 is 27.9 Å². The summed E-state index contributed by atoms with van der Waals surface area (Å²) in [6.45, 7) is 2.93. The third kappa shape index (κ3) is 5.39. The first-order chi connectivity index (χ1) is 14.1. The van der Waals surface area contributed by atoms with Crippen molar-refractivity contribution in [3.05, 3.63) is 40.3 Å². The summed E-state index contributed by atoms with van der Waals surface area (Å²) in [6.07, 6.45) is 1.69. The number of amides is 1. The number of rotatable bonds is 4. The zero-order chi connectivity index (χ0) is 21.9. The number of thiophene rings is 1. The van der Waals surface area contributed by atoms with Crippen molar-refractivity contribution in [1.82, 2.24) is 19.6 Å². The zero-order valence-electron chi connectivity index (χ0n) is 16.4. The number of carbonyl (C=O) groups is 2. The van der Waals surface area contributed by atoms with Crippen LogP contribution >= 0.6 is 11.3 Å². The molecule has 0 unspecified atom stereocenters. The normalized spacial score (nSPS) is 21.3. The number of aromatic nitrogens is 2. The molecule has 0 aromatic carbocycles. The number of likely N-dealkylation sites (tertiary alicyclic amines) is 2. The Morgan fingerprint density at radius 2 is 1.93 bits per heavy atom. The van der Waals surface area contributed by atoms with Crippen molar-refractivity contribution in [2.24, 2.45) is 7.05 Å². The Balaban J connectivity index is 0.000000318. The van der Waals surface area contributed by atoms with Crippen LogP contribution in [0.4, 0.5) is 13.2 Å². The minimum Gasteiger partial charge on any atom is -0.475 e. The molecular formula is C19H23F3N4O3S. The number of carbonyl (C=O) groups excluding carboxylic acids is 1. The maximum Gasteiger partial charge on any atom is 0.490 e. The second-order valence-corrected chi connectivity index (χ2v) is 8.18. The summed E-state index contributed by atoms with van der Waals surface area (Å²) in [5, 5.41) is 15.5. The number of carboxylic acid groups (broad SMARTS) is 1. The topological polar surface area (TPSA) is 78.7 Å². The molecule has 2 aromatic rings. The molecule has 2 aromatic heterocycles. The number of halogens is 3. The highest BCUT2D eigenvalue weighted by Crippen LogP contribution is 2.33. The monoisotopic (exact) mass is 444 g/mol. The average molecular weight is 444 g/mol. The van der Waals surface area contributed by atoms with E-state index in [2.05, 4.69) is 32.5 Å². The van der Waals surface area contributed by atoms with E-state index in [9.17, 15) is 18.0 Å². The van der Waals surface area contributed by atoms with Crippen molar-refractivity contribution in [2.45, 2.75) is 44.1 Å². The summed E-state index contributed by atoms with van der Waals surface area (Å²) in [5.41, 5.74) is 2.41. The quantitative estimate of drug-likeness (QED) is 0.784. The van der Waals surface area contributed by atoms with Crippen LogP contribution in [-0.4, -0.2) is 67.9 Å². The molecule has 11 heteroatoms. The molecule has 2 saturated heterocycles. The lowest BCUT2D eigenvalue weighted by Crippen LogP contribution is -2.40. The highest BCUT2D eigenvalue weighted by atomic mass is 32.1. The molecule has 4 rings (SSSR count). The molecule has 7 nitrogen and oxygen atoms in total. The van der Waals surface area contributed by atoms with Crippen LogP contribution < -0.4 is 0 Å². The molecule has 1 N–H and O–H groups in total. The van der Waals surface area contributed by atoms with Gasteiger partial charge in [0.25, 0.3) is 0 Å². The molecule has 0 bridgehead atoms. The van der Waals surface area contributed by atoms with E-state index in [1.54, 1.807) is 11.3 Å². The first-order valence-corrected chi connectivity index (χ1v) is 10.4. The maximum atomic E-state index is 12.6. The van der Waals surface area contributed by atoms with E-state index >= 15 is 0 Å². The molecule has 4 heterocycles. The van der Waals surface area contributed by atoms with Crippen molar-refractivity contribution in [3.63, 3.8) is 0 Å². The lowest BCUT2D eigenvalue weighted by Gasteiger charge is -2.25. The van der Waals surface area contributed by atoms with E-state index in [4.69, 9.17) is 9.90 Å². The van der Waals surface area contributed by atoms with E-state index in [0.717, 1.165) is 38.0 Å². The molecule has 2 aliphatic heterocycles. The number of fused-ring (bicyclic) bond motifs is 1. The second-order valence-electron chi connectivity index (χ2n) is 7.40. The van der Waals surface area contributed by atoms with Gasteiger partial charge in [-0.25, -0.2) is 4.79 Å². The van der Waals surface area contributed by atoms with Crippen molar-refractivity contribution >= 4 is 23.2 Å². The predicted octanol–water partition coefficient (Wildman–Crippen LogP) is 2.53. The molecule has 164 valence electrons. The van der Waals surface area contributed by atoms with Crippen LogP contribution in [0.15, 0.2) is 29.2 Å². The summed E-state index contributed by atoms with van der Waals surface area (Å²) in [4.78, 5) is 26.2. The number of nitrogens with zero attached hydrogens (tertiary/aromatic N) is 4. The molecule has 1 amide bonds. The van der Waals surface area contributed by atoms with Crippen LogP contribution in [0.25, 0.3) is 0 Å². The third-order valence-corrected chi connectivity index (χ3v) is 6.07. The average Bonchev–Trinajstić information content (AvgIpc) is 3.42. The van der Waals surface area contributed by atoms with Gasteiger partial charge in [-0.2, -0.15) is 29.6 Å². The largest absolute Gasteiger partial charge is 0.490 e. The number of hydrogen-bond acceptors (Lipinski definition) is 5. The molecule has 0 radical (unpaired) electrons. The van der Waals surface area contributed by atoms with Crippen molar-refractivity contribution in [1.29, 1.82) is 0 Å². The van der Waals surface area contributed by atoms with Gasteiger partial charge < -0.3 is 10.0 Å². The second kappa shape index (κ2) is 9.17. The molecule has 2 aliphatic rings. The smallest absolute Gasteiger partial charge is 0.475 e. The number of hydrogen-bond donors (Lipinski definition) is 1. The molecule has 0 aliphatic carbocycles. The van der Waals surface area contributed by atoms with Gasteiger partial charge >= 0.3 is 12.1 Å². The molecule has 2 fully saturated rings. The van der Waals surface area contributed by atoms with E-state index in [-0.39, 0.29) is 0 Å². The van der Waals surface area contributed by atoms with Crippen LogP contribution in [-0.2, 0) is 29.6 Å². The lowest BCUT2D eigenvalue weighted by molar-refractivity contribution is -0.192. The maximum absolute atomic E-state index is 12.6. The summed E-state index contributed by atoms with van der Waals surface area (Å²) < 4.78 is 33.6. The van der Waals surface area contributed by atoms with Gasteiger partial charge in [-0.3, -0.25) is 14.4 Å². The van der Waals surface area contributed by atoms with Gasteiger partial charge in [-0.1, -0.05) is 0 Å². The minimum absolute atomic E-state index is 0.291. The Hall–Kier alpha value is -2.40.